The summed E-state index contributed by atoms with van der Waals surface area (Å²) in [6.45, 7) is 7.43. The lowest BCUT2D eigenvalue weighted by Crippen LogP contribution is -2.51. The van der Waals surface area contributed by atoms with Gasteiger partial charge in [-0.2, -0.15) is 0 Å². The van der Waals surface area contributed by atoms with E-state index in [2.05, 4.69) is 53.8 Å². The predicted molar refractivity (Wildman–Crippen MR) is 182 cm³/mol. The number of rotatable bonds is 9. The first-order chi connectivity index (χ1) is 22.7. The molecule has 7 rings (SSSR count). The molecule has 3 aliphatic rings. The Morgan fingerprint density at radius 3 is 2.64 bits per heavy atom. The number of aromatic nitrogens is 3. The number of ether oxygens (including phenoxy) is 2. The molecule has 1 aromatic heterocycles. The van der Waals surface area contributed by atoms with Gasteiger partial charge in [-0.05, 0) is 60.3 Å². The number of aliphatic hydroxyl groups excluding tert-OH is 1. The van der Waals surface area contributed by atoms with Gasteiger partial charge in [0.15, 0.2) is 5.60 Å². The number of nitrogens with zero attached hydrogens (tertiary/aromatic N) is 4. The molecule has 3 aromatic carbocycles. The maximum absolute atomic E-state index is 14.2. The normalized spacial score (nSPS) is 23.6. The lowest BCUT2D eigenvalue weighted by atomic mass is 9.82. The Hall–Kier alpha value is -4.32. The molecule has 0 unspecified atom stereocenters. The van der Waals surface area contributed by atoms with E-state index in [1.807, 2.05) is 54.7 Å². The van der Waals surface area contributed by atoms with Crippen molar-refractivity contribution in [2.75, 3.05) is 23.9 Å². The largest absolute Gasteiger partial charge is 0.497 e. The van der Waals surface area contributed by atoms with E-state index in [0.717, 1.165) is 39.6 Å². The molecule has 1 spiro atoms. The molecule has 11 heteroatoms. The van der Waals surface area contributed by atoms with Crippen LogP contribution in [-0.4, -0.2) is 59.8 Å². The summed E-state index contributed by atoms with van der Waals surface area (Å²) in [5.74, 6) is 0.503. The maximum atomic E-state index is 14.2. The van der Waals surface area contributed by atoms with Crippen molar-refractivity contribution in [3.63, 3.8) is 0 Å². The van der Waals surface area contributed by atoms with Crippen LogP contribution < -0.4 is 20.1 Å². The van der Waals surface area contributed by atoms with Gasteiger partial charge in [-0.25, -0.2) is 0 Å². The molecule has 0 saturated carbocycles. The van der Waals surface area contributed by atoms with Crippen LogP contribution in [0, 0.1) is 5.92 Å². The lowest BCUT2D eigenvalue weighted by molar-refractivity contribution is -0.143. The molecule has 0 bridgehead atoms. The van der Waals surface area contributed by atoms with Gasteiger partial charge in [0.05, 0.1) is 32.7 Å². The summed E-state index contributed by atoms with van der Waals surface area (Å²) in [5, 5.41) is 22.2. The van der Waals surface area contributed by atoms with Gasteiger partial charge in [0.1, 0.15) is 5.75 Å². The van der Waals surface area contributed by atoms with Crippen molar-refractivity contribution in [2.24, 2.45) is 5.92 Å². The highest BCUT2D eigenvalue weighted by Crippen LogP contribution is 2.59. The molecule has 4 atom stereocenters. The van der Waals surface area contributed by atoms with Crippen LogP contribution >= 0.6 is 0 Å². The van der Waals surface area contributed by atoms with E-state index in [1.165, 1.54) is 5.19 Å². The molecule has 0 aliphatic carbocycles. The van der Waals surface area contributed by atoms with Crippen molar-refractivity contribution in [1.82, 2.24) is 15.0 Å². The Morgan fingerprint density at radius 1 is 1.09 bits per heavy atom. The maximum Gasteiger partial charge on any atom is 0.261 e. The first kappa shape index (κ1) is 31.3. The van der Waals surface area contributed by atoms with E-state index < -0.39 is 13.7 Å². The molecule has 4 heterocycles. The van der Waals surface area contributed by atoms with Crippen LogP contribution in [-0.2, 0) is 39.3 Å². The van der Waals surface area contributed by atoms with Crippen LogP contribution in [0.1, 0.15) is 36.6 Å². The number of anilines is 3. The monoisotopic (exact) mass is 651 g/mol. The quantitative estimate of drug-likeness (QED) is 0.252. The summed E-state index contributed by atoms with van der Waals surface area (Å²) < 4.78 is 14.4. The first-order valence-electron chi connectivity index (χ1n) is 16.4. The van der Waals surface area contributed by atoms with Crippen LogP contribution in [0.15, 0.2) is 72.9 Å². The van der Waals surface area contributed by atoms with Gasteiger partial charge in [0, 0.05) is 55.0 Å². The zero-order valence-corrected chi connectivity index (χ0v) is 28.3. The van der Waals surface area contributed by atoms with E-state index in [9.17, 15) is 14.7 Å². The van der Waals surface area contributed by atoms with E-state index in [4.69, 9.17) is 9.47 Å². The fourth-order valence-corrected chi connectivity index (χ4v) is 12.2. The fourth-order valence-electron chi connectivity index (χ4n) is 8.18. The summed E-state index contributed by atoms with van der Waals surface area (Å²) in [6, 6.07) is 22.1. The van der Waals surface area contributed by atoms with E-state index >= 15 is 0 Å². The van der Waals surface area contributed by atoms with Crippen molar-refractivity contribution in [1.29, 1.82) is 0 Å². The summed E-state index contributed by atoms with van der Waals surface area (Å²) in [6.07, 6.45) is 3.83. The van der Waals surface area contributed by atoms with Gasteiger partial charge in [-0.3, -0.25) is 19.2 Å². The molecule has 1 fully saturated rings. The highest BCUT2D eigenvalue weighted by molar-refractivity contribution is 6.91. The standard InChI is InChI=1S/C36H41N5O5Si/c1-23-34(47(3,4)28-13-11-27(45-2)12-14-28)32(17-19-40-22-25(18-20-42)38-39-40)46-36(23)29-21-26(10-15-30(29)37-35(36)44)41-31-8-6-5-7-24(31)9-16-33(41)43/h5-8,10-15,21-23,32,34,42H,9,16-20H2,1-4H3,(H,37,44)/t23-,32+,34-,36+/m0/s1. The number of benzene rings is 3. The van der Waals surface area contributed by atoms with E-state index in [0.29, 0.717) is 32.2 Å². The molecule has 1 saturated heterocycles. The molecule has 3 aliphatic heterocycles. The average Bonchev–Trinajstić information content (AvgIpc) is 3.74. The Morgan fingerprint density at radius 2 is 1.87 bits per heavy atom. The SMILES string of the molecule is COc1ccc([Si](C)(C)[C@@H]2[C@@H](CCn3cc(CCO)nn3)O[C@]3(C(=O)Nc4ccc(N5C(=O)CCc6ccccc65)cc43)[C@H]2C)cc1. The molecule has 2 N–H and O–H groups in total. The predicted octanol–water partition coefficient (Wildman–Crippen LogP) is 4.69. The van der Waals surface area contributed by atoms with Gasteiger partial charge < -0.3 is 19.9 Å². The highest BCUT2D eigenvalue weighted by Gasteiger charge is 2.64. The minimum atomic E-state index is -2.31. The van der Waals surface area contributed by atoms with Crippen molar-refractivity contribution >= 4 is 42.1 Å². The van der Waals surface area contributed by atoms with Crippen LogP contribution in [0.2, 0.25) is 18.6 Å². The molecular weight excluding hydrogens is 611 g/mol. The van der Waals surface area contributed by atoms with Crippen LogP contribution in [0.4, 0.5) is 17.1 Å². The molecule has 0 radical (unpaired) electrons. The molecule has 10 nitrogen and oxygen atoms in total. The zero-order chi connectivity index (χ0) is 32.9. The topological polar surface area (TPSA) is 119 Å². The Labute approximate surface area is 275 Å². The van der Waals surface area contributed by atoms with Crippen molar-refractivity contribution < 1.29 is 24.2 Å². The number of carbonyl (C=O) groups is 2. The van der Waals surface area contributed by atoms with Crippen LogP contribution in [0.5, 0.6) is 5.75 Å². The number of methoxy groups -OCH3 is 1. The lowest BCUT2D eigenvalue weighted by Gasteiger charge is -2.37. The molecule has 244 valence electrons. The molecule has 2 amide bonds. The zero-order valence-electron chi connectivity index (χ0n) is 27.3. The Kier molecular flexibility index (Phi) is 8.02. The first-order valence-corrected chi connectivity index (χ1v) is 19.4. The van der Waals surface area contributed by atoms with E-state index in [1.54, 1.807) is 16.7 Å². The summed E-state index contributed by atoms with van der Waals surface area (Å²) in [7, 11) is -0.638. The number of fused-ring (bicyclic) bond motifs is 3. The number of hydrogen-bond acceptors (Lipinski definition) is 7. The van der Waals surface area contributed by atoms with E-state index in [-0.39, 0.29) is 36.0 Å². The second-order valence-corrected chi connectivity index (χ2v) is 18.1. The second kappa shape index (κ2) is 12.0. The van der Waals surface area contributed by atoms with Gasteiger partial charge in [-0.15, -0.1) is 5.10 Å². The van der Waals surface area contributed by atoms with Gasteiger partial charge >= 0.3 is 0 Å². The smallest absolute Gasteiger partial charge is 0.261 e. The van der Waals surface area contributed by atoms with Crippen molar-refractivity contribution in [2.45, 2.75) is 69.5 Å². The number of para-hydroxylation sites is 1. The number of amides is 2. The van der Waals surface area contributed by atoms with Crippen LogP contribution in [0.25, 0.3) is 0 Å². The number of aliphatic hydroxyl groups is 1. The second-order valence-electron chi connectivity index (χ2n) is 13.4. The summed E-state index contributed by atoms with van der Waals surface area (Å²) in [4.78, 5) is 29.4. The fraction of sp³-hybridized carbons (Fsp3) is 0.389. The van der Waals surface area contributed by atoms with Crippen molar-refractivity contribution in [3.8, 4) is 5.75 Å². The minimum absolute atomic E-state index is 0.0132. The van der Waals surface area contributed by atoms with Gasteiger partial charge in [0.25, 0.3) is 5.91 Å². The summed E-state index contributed by atoms with van der Waals surface area (Å²) in [5.41, 5.74) is 3.82. The van der Waals surface area contributed by atoms with Gasteiger partial charge in [-0.1, -0.05) is 60.7 Å². The minimum Gasteiger partial charge on any atom is -0.497 e. The highest BCUT2D eigenvalue weighted by atomic mass is 28.3. The van der Waals surface area contributed by atoms with Crippen molar-refractivity contribution in [3.05, 3.63) is 89.7 Å². The average molecular weight is 652 g/mol. The third-order valence-electron chi connectivity index (χ3n) is 10.5. The third kappa shape index (κ3) is 5.17. The van der Waals surface area contributed by atoms with Crippen LogP contribution in [0.3, 0.4) is 0 Å². The Bertz CT molecular complexity index is 1820. The third-order valence-corrected chi connectivity index (χ3v) is 14.9. The Balaban J connectivity index is 1.29. The number of carbonyl (C=O) groups excluding carboxylic acids is 2. The summed E-state index contributed by atoms with van der Waals surface area (Å²) >= 11 is 0. The molecule has 4 aromatic rings. The number of nitrogens with one attached hydrogen (secondary N) is 1. The molecular formula is C36H41N5O5Si. The molecule has 47 heavy (non-hydrogen) atoms. The number of aryl methyl sites for hydroxylation is 2. The number of hydrogen-bond donors (Lipinski definition) is 2. The van der Waals surface area contributed by atoms with Gasteiger partial charge in [0.2, 0.25) is 5.91 Å².